The van der Waals surface area contributed by atoms with E-state index in [0.29, 0.717) is 11.3 Å². The Bertz CT molecular complexity index is 346. The second kappa shape index (κ2) is 4.86. The summed E-state index contributed by atoms with van der Waals surface area (Å²) in [5.74, 6) is -0.173. The molecule has 1 aromatic carbocycles. The zero-order chi connectivity index (χ0) is 11.5. The Morgan fingerprint density at radius 2 is 1.93 bits per heavy atom. The monoisotopic (exact) mass is 230 g/mol. The Kier molecular flexibility index (Phi) is 3.99. The fourth-order valence-electron chi connectivity index (χ4n) is 1.05. The maximum atomic E-state index is 12.6. The van der Waals surface area contributed by atoms with E-state index in [0.717, 1.165) is 0 Å². The maximum absolute atomic E-state index is 12.6. The van der Waals surface area contributed by atoms with Gasteiger partial charge in [0, 0.05) is 4.90 Å². The molecule has 2 unspecified atom stereocenters. The van der Waals surface area contributed by atoms with Gasteiger partial charge in [0.05, 0.1) is 22.2 Å². The first-order valence-electron chi connectivity index (χ1n) is 4.81. The lowest BCUT2D eigenvalue weighted by Gasteiger charge is -2.20. The summed E-state index contributed by atoms with van der Waals surface area (Å²) in [7, 11) is -1.28. The average molecular weight is 230 g/mol. The molecule has 0 heterocycles. The molecule has 15 heavy (non-hydrogen) atoms. The zero-order valence-corrected chi connectivity index (χ0v) is 9.68. The van der Waals surface area contributed by atoms with Crippen LogP contribution in [0.15, 0.2) is 29.2 Å². The van der Waals surface area contributed by atoms with Gasteiger partial charge in [-0.2, -0.15) is 0 Å². The highest BCUT2D eigenvalue weighted by atomic mass is 32.2. The van der Waals surface area contributed by atoms with Crippen molar-refractivity contribution >= 4 is 10.8 Å². The second-order valence-corrected chi connectivity index (χ2v) is 5.25. The molecule has 1 N–H and O–H groups in total. The van der Waals surface area contributed by atoms with Crippen LogP contribution in [0.2, 0.25) is 0 Å². The standard InChI is InChI=1S/C11H15FO2S/c1-3-11(2,13)8-15(14)10-6-4-9(12)5-7-10/h4-7,13H,3,8H2,1-2H3. The van der Waals surface area contributed by atoms with Gasteiger partial charge in [-0.1, -0.05) is 6.92 Å². The molecule has 84 valence electrons. The second-order valence-electron chi connectivity index (χ2n) is 3.79. The Morgan fingerprint density at radius 3 is 2.40 bits per heavy atom. The van der Waals surface area contributed by atoms with E-state index in [9.17, 15) is 13.7 Å². The first kappa shape index (κ1) is 12.3. The molecule has 0 bridgehead atoms. The van der Waals surface area contributed by atoms with Crippen molar-refractivity contribution in [3.8, 4) is 0 Å². The van der Waals surface area contributed by atoms with Gasteiger partial charge in [-0.25, -0.2) is 4.39 Å². The molecule has 1 rings (SSSR count). The Labute approximate surface area is 91.6 Å². The summed E-state index contributed by atoms with van der Waals surface area (Å²) < 4.78 is 24.4. The Hall–Kier alpha value is -0.740. The highest BCUT2D eigenvalue weighted by molar-refractivity contribution is 7.85. The average Bonchev–Trinajstić information content (AvgIpc) is 2.18. The van der Waals surface area contributed by atoms with E-state index in [-0.39, 0.29) is 11.6 Å². The van der Waals surface area contributed by atoms with E-state index in [4.69, 9.17) is 0 Å². The van der Waals surface area contributed by atoms with E-state index < -0.39 is 16.4 Å². The van der Waals surface area contributed by atoms with Crippen molar-refractivity contribution in [3.05, 3.63) is 30.1 Å². The summed E-state index contributed by atoms with van der Waals surface area (Å²) in [6.45, 7) is 3.48. The predicted octanol–water partition coefficient (Wildman–Crippen LogP) is 2.09. The van der Waals surface area contributed by atoms with Crippen LogP contribution in [0.1, 0.15) is 20.3 Å². The van der Waals surface area contributed by atoms with Gasteiger partial charge in [0.15, 0.2) is 0 Å². The summed E-state index contributed by atoms with van der Waals surface area (Å²) in [4.78, 5) is 0.546. The van der Waals surface area contributed by atoms with Gasteiger partial charge in [0.1, 0.15) is 5.82 Å². The lowest BCUT2D eigenvalue weighted by Crippen LogP contribution is -2.30. The van der Waals surface area contributed by atoms with Gasteiger partial charge in [-0.15, -0.1) is 0 Å². The third-order valence-corrected chi connectivity index (χ3v) is 3.96. The van der Waals surface area contributed by atoms with Crippen LogP contribution in [-0.4, -0.2) is 20.7 Å². The van der Waals surface area contributed by atoms with Crippen molar-refractivity contribution in [2.24, 2.45) is 0 Å². The van der Waals surface area contributed by atoms with Crippen LogP contribution in [0.3, 0.4) is 0 Å². The third-order valence-electron chi connectivity index (χ3n) is 2.28. The van der Waals surface area contributed by atoms with Crippen LogP contribution in [0, 0.1) is 5.82 Å². The lowest BCUT2D eigenvalue weighted by atomic mass is 10.1. The van der Waals surface area contributed by atoms with Gasteiger partial charge in [-0.3, -0.25) is 4.21 Å². The van der Waals surface area contributed by atoms with Crippen LogP contribution < -0.4 is 0 Å². The number of hydrogen-bond donors (Lipinski definition) is 1. The molecule has 0 aliphatic rings. The van der Waals surface area contributed by atoms with E-state index >= 15 is 0 Å². The largest absolute Gasteiger partial charge is 0.389 e. The topological polar surface area (TPSA) is 37.3 Å². The first-order valence-corrected chi connectivity index (χ1v) is 6.13. The van der Waals surface area contributed by atoms with Crippen molar-refractivity contribution in [2.45, 2.75) is 30.8 Å². The van der Waals surface area contributed by atoms with E-state index in [1.807, 2.05) is 6.92 Å². The van der Waals surface area contributed by atoms with Gasteiger partial charge >= 0.3 is 0 Å². The zero-order valence-electron chi connectivity index (χ0n) is 8.87. The lowest BCUT2D eigenvalue weighted by molar-refractivity contribution is 0.0806. The molecule has 0 radical (unpaired) electrons. The summed E-state index contributed by atoms with van der Waals surface area (Å²) in [5, 5.41) is 9.74. The van der Waals surface area contributed by atoms with Gasteiger partial charge in [-0.05, 0) is 37.6 Å². The van der Waals surface area contributed by atoms with Crippen LogP contribution in [-0.2, 0) is 10.8 Å². The van der Waals surface area contributed by atoms with Crippen molar-refractivity contribution in [1.82, 2.24) is 0 Å². The molecule has 2 atom stereocenters. The maximum Gasteiger partial charge on any atom is 0.123 e. The molecular weight excluding hydrogens is 215 g/mol. The van der Waals surface area contributed by atoms with Crippen LogP contribution in [0.25, 0.3) is 0 Å². The fourth-order valence-corrected chi connectivity index (χ4v) is 2.43. The Balaban J connectivity index is 2.74. The summed E-state index contributed by atoms with van der Waals surface area (Å²) in [6, 6.07) is 5.51. The minimum absolute atomic E-state index is 0.176. The van der Waals surface area contributed by atoms with Crippen molar-refractivity contribution in [1.29, 1.82) is 0 Å². The minimum atomic E-state index is -1.28. The molecule has 0 amide bonds. The normalized spacial score (nSPS) is 17.1. The molecule has 0 saturated heterocycles. The molecule has 0 aromatic heterocycles. The number of hydrogen-bond acceptors (Lipinski definition) is 2. The number of benzene rings is 1. The van der Waals surface area contributed by atoms with E-state index in [1.165, 1.54) is 24.3 Å². The molecule has 0 aliphatic heterocycles. The van der Waals surface area contributed by atoms with Gasteiger partial charge < -0.3 is 5.11 Å². The molecular formula is C11H15FO2S. The van der Waals surface area contributed by atoms with Crippen LogP contribution in [0.4, 0.5) is 4.39 Å². The minimum Gasteiger partial charge on any atom is -0.389 e. The molecule has 0 aliphatic carbocycles. The van der Waals surface area contributed by atoms with E-state index in [2.05, 4.69) is 0 Å². The molecule has 0 fully saturated rings. The first-order chi connectivity index (χ1) is 6.94. The smallest absolute Gasteiger partial charge is 0.123 e. The summed E-state index contributed by atoms with van der Waals surface area (Å²) in [6.07, 6.45) is 0.542. The molecule has 2 nitrogen and oxygen atoms in total. The van der Waals surface area contributed by atoms with Crippen LogP contribution >= 0.6 is 0 Å². The predicted molar refractivity (Wildman–Crippen MR) is 58.6 cm³/mol. The van der Waals surface area contributed by atoms with Gasteiger partial charge in [0.2, 0.25) is 0 Å². The van der Waals surface area contributed by atoms with Gasteiger partial charge in [0.25, 0.3) is 0 Å². The van der Waals surface area contributed by atoms with Crippen molar-refractivity contribution < 1.29 is 13.7 Å². The number of halogens is 1. The SMILES string of the molecule is CCC(C)(O)CS(=O)c1ccc(F)cc1. The fraction of sp³-hybridized carbons (Fsp3) is 0.455. The molecule has 0 spiro atoms. The summed E-state index contributed by atoms with van der Waals surface area (Å²) in [5.41, 5.74) is -0.931. The highest BCUT2D eigenvalue weighted by Gasteiger charge is 2.21. The van der Waals surface area contributed by atoms with Crippen molar-refractivity contribution in [3.63, 3.8) is 0 Å². The highest BCUT2D eigenvalue weighted by Crippen LogP contribution is 2.15. The molecule has 1 aromatic rings. The number of aliphatic hydroxyl groups is 1. The Morgan fingerprint density at radius 1 is 1.40 bits per heavy atom. The third kappa shape index (κ3) is 3.72. The van der Waals surface area contributed by atoms with Crippen LogP contribution in [0.5, 0.6) is 0 Å². The quantitative estimate of drug-likeness (QED) is 0.860. The van der Waals surface area contributed by atoms with E-state index in [1.54, 1.807) is 6.92 Å². The van der Waals surface area contributed by atoms with Crippen molar-refractivity contribution in [2.75, 3.05) is 5.75 Å². The molecule has 4 heteroatoms. The molecule has 0 saturated carbocycles. The summed E-state index contributed by atoms with van der Waals surface area (Å²) >= 11 is 0. The number of rotatable bonds is 4.